The van der Waals surface area contributed by atoms with E-state index >= 15 is 0 Å². The van der Waals surface area contributed by atoms with E-state index in [1.807, 2.05) is 0 Å². The summed E-state index contributed by atoms with van der Waals surface area (Å²) in [5, 5.41) is 9.66. The van der Waals surface area contributed by atoms with Gasteiger partial charge in [0.05, 0.1) is 7.11 Å². The van der Waals surface area contributed by atoms with Crippen molar-refractivity contribution in [1.82, 2.24) is 0 Å². The molecule has 0 aliphatic carbocycles. The van der Waals surface area contributed by atoms with Crippen LogP contribution in [0.5, 0.6) is 17.2 Å². The van der Waals surface area contributed by atoms with Crippen LogP contribution in [0.1, 0.15) is 18.1 Å². The molecule has 4 heteroatoms. The molecule has 1 rings (SSSR count). The Morgan fingerprint density at radius 2 is 1.94 bits per heavy atom. The molecule has 1 N–H and O–H groups in total. The zero-order valence-electron chi connectivity index (χ0n) is 10.5. The third-order valence-corrected chi connectivity index (χ3v) is 2.37. The van der Waals surface area contributed by atoms with E-state index in [4.69, 9.17) is 9.47 Å². The van der Waals surface area contributed by atoms with Crippen molar-refractivity contribution in [2.24, 2.45) is 0 Å². The van der Waals surface area contributed by atoms with E-state index in [2.05, 4.69) is 6.58 Å². The molecule has 92 valence electrons. The topological polar surface area (TPSA) is 55.8 Å². The molecule has 17 heavy (non-hydrogen) atoms. The first-order chi connectivity index (χ1) is 7.88. The summed E-state index contributed by atoms with van der Waals surface area (Å²) in [7, 11) is 1.45. The van der Waals surface area contributed by atoms with Gasteiger partial charge >= 0.3 is 5.97 Å². The Morgan fingerprint density at radius 3 is 2.41 bits per heavy atom. The summed E-state index contributed by atoms with van der Waals surface area (Å²) in [5.74, 6) is 0.231. The van der Waals surface area contributed by atoms with E-state index in [1.54, 1.807) is 20.8 Å². The maximum Gasteiger partial charge on any atom is 0.338 e. The second-order valence-corrected chi connectivity index (χ2v) is 3.87. The Kier molecular flexibility index (Phi) is 3.78. The van der Waals surface area contributed by atoms with Crippen LogP contribution in [0.2, 0.25) is 0 Å². The minimum absolute atomic E-state index is 0.0256. The van der Waals surface area contributed by atoms with Crippen molar-refractivity contribution in [3.8, 4) is 17.2 Å². The largest absolute Gasteiger partial charge is 0.504 e. The first-order valence-corrected chi connectivity index (χ1v) is 5.13. The molecule has 0 amide bonds. The first kappa shape index (κ1) is 13.1. The number of phenolic OH excluding ortho intramolecular Hbond substituents is 1. The lowest BCUT2D eigenvalue weighted by Crippen LogP contribution is -2.10. The summed E-state index contributed by atoms with van der Waals surface area (Å²) in [6.07, 6.45) is 0. The van der Waals surface area contributed by atoms with Crippen LogP contribution in [-0.2, 0) is 4.79 Å². The summed E-state index contributed by atoms with van der Waals surface area (Å²) >= 11 is 0. The highest BCUT2D eigenvalue weighted by molar-refractivity contribution is 5.89. The van der Waals surface area contributed by atoms with Crippen LogP contribution in [0.15, 0.2) is 18.2 Å². The van der Waals surface area contributed by atoms with Gasteiger partial charge in [0.15, 0.2) is 11.5 Å². The van der Waals surface area contributed by atoms with Gasteiger partial charge in [-0.15, -0.1) is 0 Å². The van der Waals surface area contributed by atoms with Crippen LogP contribution < -0.4 is 9.47 Å². The summed E-state index contributed by atoms with van der Waals surface area (Å²) < 4.78 is 10.3. The first-order valence-electron chi connectivity index (χ1n) is 5.13. The second kappa shape index (κ2) is 4.91. The van der Waals surface area contributed by atoms with Crippen molar-refractivity contribution in [1.29, 1.82) is 0 Å². The Labute approximate surface area is 100 Å². The van der Waals surface area contributed by atoms with Crippen LogP contribution in [0.25, 0.3) is 0 Å². The Bertz CT molecular complexity index is 475. The maximum absolute atomic E-state index is 11.5. The molecule has 0 aliphatic rings. The third kappa shape index (κ3) is 2.58. The average Bonchev–Trinajstić information content (AvgIpc) is 2.24. The SMILES string of the molecule is C=C(C)C(=O)Oc1c(C)cc(O)c(OC)c1C. The molecule has 0 fully saturated rings. The molecule has 4 nitrogen and oxygen atoms in total. The van der Waals surface area contributed by atoms with Crippen molar-refractivity contribution < 1.29 is 19.4 Å². The molecule has 0 radical (unpaired) electrons. The van der Waals surface area contributed by atoms with Crippen LogP contribution >= 0.6 is 0 Å². The van der Waals surface area contributed by atoms with Gasteiger partial charge in [0.25, 0.3) is 0 Å². The number of aromatic hydroxyl groups is 1. The molecule has 0 unspecified atom stereocenters. The predicted molar refractivity (Wildman–Crippen MR) is 64.6 cm³/mol. The molecule has 0 saturated carbocycles. The van der Waals surface area contributed by atoms with Gasteiger partial charge in [0, 0.05) is 11.1 Å². The molecule has 1 aromatic carbocycles. The lowest BCUT2D eigenvalue weighted by molar-refractivity contribution is -0.130. The van der Waals surface area contributed by atoms with Gasteiger partial charge in [-0.25, -0.2) is 4.79 Å². The molecular weight excluding hydrogens is 220 g/mol. The van der Waals surface area contributed by atoms with Crippen LogP contribution in [-0.4, -0.2) is 18.2 Å². The van der Waals surface area contributed by atoms with Gasteiger partial charge in [-0.1, -0.05) is 6.58 Å². The normalized spacial score (nSPS) is 9.88. The van der Waals surface area contributed by atoms with Crippen molar-refractivity contribution in [3.63, 3.8) is 0 Å². The number of ether oxygens (including phenoxy) is 2. The van der Waals surface area contributed by atoms with E-state index < -0.39 is 5.97 Å². The van der Waals surface area contributed by atoms with E-state index in [9.17, 15) is 9.90 Å². The van der Waals surface area contributed by atoms with Gasteiger partial charge in [0.1, 0.15) is 5.75 Å². The Balaban J connectivity index is 3.24. The van der Waals surface area contributed by atoms with Crippen LogP contribution in [0, 0.1) is 13.8 Å². The number of hydrogen-bond acceptors (Lipinski definition) is 4. The summed E-state index contributed by atoms with van der Waals surface area (Å²) in [5.41, 5.74) is 1.56. The highest BCUT2D eigenvalue weighted by Gasteiger charge is 2.17. The fraction of sp³-hybridized carbons (Fsp3) is 0.308. The smallest absolute Gasteiger partial charge is 0.338 e. The van der Waals surface area contributed by atoms with Crippen molar-refractivity contribution in [2.45, 2.75) is 20.8 Å². The number of carbonyl (C=O) groups is 1. The fourth-order valence-electron chi connectivity index (χ4n) is 1.52. The fourth-order valence-corrected chi connectivity index (χ4v) is 1.52. The lowest BCUT2D eigenvalue weighted by atomic mass is 10.1. The number of phenols is 1. The highest BCUT2D eigenvalue weighted by atomic mass is 16.5. The molecule has 0 heterocycles. The van der Waals surface area contributed by atoms with E-state index in [0.29, 0.717) is 28.2 Å². The highest BCUT2D eigenvalue weighted by Crippen LogP contribution is 2.38. The number of aryl methyl sites for hydroxylation is 1. The quantitative estimate of drug-likeness (QED) is 0.497. The molecule has 1 aromatic rings. The van der Waals surface area contributed by atoms with Crippen molar-refractivity contribution in [2.75, 3.05) is 7.11 Å². The lowest BCUT2D eigenvalue weighted by Gasteiger charge is -2.14. The van der Waals surface area contributed by atoms with Gasteiger partial charge in [0.2, 0.25) is 0 Å². The number of esters is 1. The second-order valence-electron chi connectivity index (χ2n) is 3.87. The average molecular weight is 236 g/mol. The van der Waals surface area contributed by atoms with Gasteiger partial charge < -0.3 is 14.6 Å². The Hall–Kier alpha value is -1.97. The van der Waals surface area contributed by atoms with Gasteiger partial charge in [-0.3, -0.25) is 0 Å². The summed E-state index contributed by atoms with van der Waals surface area (Å²) in [6.45, 7) is 8.55. The van der Waals surface area contributed by atoms with E-state index in [-0.39, 0.29) is 5.75 Å². The minimum Gasteiger partial charge on any atom is -0.504 e. The molecule has 0 aliphatic heterocycles. The van der Waals surface area contributed by atoms with Crippen LogP contribution in [0.4, 0.5) is 0 Å². The molecule has 0 saturated heterocycles. The van der Waals surface area contributed by atoms with Gasteiger partial charge in [-0.2, -0.15) is 0 Å². The summed E-state index contributed by atoms with van der Waals surface area (Å²) in [4.78, 5) is 11.5. The Morgan fingerprint density at radius 1 is 1.35 bits per heavy atom. The standard InChI is InChI=1S/C13H16O4/c1-7(2)13(15)17-11-8(3)6-10(14)12(16-5)9(11)4/h6,14H,1H2,2-5H3. The number of rotatable bonds is 3. The third-order valence-electron chi connectivity index (χ3n) is 2.37. The number of benzene rings is 1. The minimum atomic E-state index is -0.496. The zero-order valence-corrected chi connectivity index (χ0v) is 10.5. The monoisotopic (exact) mass is 236 g/mol. The zero-order chi connectivity index (χ0) is 13.2. The van der Waals surface area contributed by atoms with Crippen molar-refractivity contribution in [3.05, 3.63) is 29.3 Å². The van der Waals surface area contributed by atoms with E-state index in [1.165, 1.54) is 13.2 Å². The molecule has 0 atom stereocenters. The predicted octanol–water partition coefficient (Wildman–Crippen LogP) is 2.50. The van der Waals surface area contributed by atoms with E-state index in [0.717, 1.165) is 0 Å². The number of methoxy groups -OCH3 is 1. The van der Waals surface area contributed by atoms with Gasteiger partial charge in [-0.05, 0) is 32.4 Å². The number of hydrogen-bond donors (Lipinski definition) is 1. The number of carbonyl (C=O) groups excluding carboxylic acids is 1. The van der Waals surface area contributed by atoms with Crippen molar-refractivity contribution >= 4 is 5.97 Å². The molecule has 0 spiro atoms. The summed E-state index contributed by atoms with van der Waals surface area (Å²) in [6, 6.07) is 1.49. The van der Waals surface area contributed by atoms with Crippen LogP contribution in [0.3, 0.4) is 0 Å². The molecule has 0 bridgehead atoms. The molecule has 0 aromatic heterocycles. The molecular formula is C13H16O4. The maximum atomic E-state index is 11.5.